The molecule has 28 heavy (non-hydrogen) atoms. The minimum Gasteiger partial charge on any atom is -0.490 e. The van der Waals surface area contributed by atoms with Gasteiger partial charge in [0, 0.05) is 25.6 Å². The topological polar surface area (TPSA) is 85.6 Å². The Balaban J connectivity index is 1.71. The molecule has 0 radical (unpaired) electrons. The Morgan fingerprint density at radius 2 is 2.07 bits per heavy atom. The number of benzene rings is 1. The fraction of sp³-hybridized carbons (Fsp3) is 0.550. The first-order chi connectivity index (χ1) is 13.7. The number of aryl methyl sites for hydroxylation is 1. The van der Waals surface area contributed by atoms with Crippen LogP contribution in [0.1, 0.15) is 43.4 Å². The fourth-order valence-corrected chi connectivity index (χ4v) is 2.87. The first kappa shape index (κ1) is 20.0. The molecule has 1 aliphatic rings. The van der Waals surface area contributed by atoms with E-state index >= 15 is 0 Å². The highest BCUT2D eigenvalue weighted by Gasteiger charge is 2.14. The molecule has 1 aliphatic heterocycles. The van der Waals surface area contributed by atoms with E-state index in [0.717, 1.165) is 60.5 Å². The first-order valence-corrected chi connectivity index (χ1v) is 9.93. The van der Waals surface area contributed by atoms with Crippen LogP contribution in [-0.2, 0) is 20.1 Å². The number of nitrogens with one attached hydrogen (secondary N) is 2. The third kappa shape index (κ3) is 5.15. The second kappa shape index (κ2) is 9.96. The predicted molar refractivity (Wildman–Crippen MR) is 109 cm³/mol. The predicted octanol–water partition coefficient (Wildman–Crippen LogP) is 2.32. The Kier molecular flexibility index (Phi) is 7.11. The van der Waals surface area contributed by atoms with Gasteiger partial charge in [-0.25, -0.2) is 4.99 Å². The van der Waals surface area contributed by atoms with Gasteiger partial charge >= 0.3 is 0 Å². The highest BCUT2D eigenvalue weighted by Crippen LogP contribution is 2.33. The molecule has 0 spiro atoms. The molecule has 152 valence electrons. The maximum atomic E-state index is 5.90. The highest BCUT2D eigenvalue weighted by molar-refractivity contribution is 5.79. The summed E-state index contributed by atoms with van der Waals surface area (Å²) in [4.78, 5) is 4.76. The maximum absolute atomic E-state index is 5.90. The number of ether oxygens (including phenoxy) is 2. The number of guanidine groups is 1. The van der Waals surface area contributed by atoms with Crippen LogP contribution < -0.4 is 20.1 Å². The second-order valence-electron chi connectivity index (χ2n) is 6.82. The molecule has 0 amide bonds. The van der Waals surface area contributed by atoms with E-state index in [0.29, 0.717) is 26.3 Å². The van der Waals surface area contributed by atoms with Crippen molar-refractivity contribution >= 4 is 5.96 Å². The summed E-state index contributed by atoms with van der Waals surface area (Å²) in [6.07, 6.45) is 3.10. The molecule has 0 unspecified atom stereocenters. The van der Waals surface area contributed by atoms with E-state index < -0.39 is 0 Å². The van der Waals surface area contributed by atoms with Crippen LogP contribution in [0.25, 0.3) is 0 Å². The van der Waals surface area contributed by atoms with E-state index in [1.807, 2.05) is 36.7 Å². The Morgan fingerprint density at radius 1 is 1.21 bits per heavy atom. The molecular formula is C20H30N6O2. The second-order valence-corrected chi connectivity index (χ2v) is 6.82. The summed E-state index contributed by atoms with van der Waals surface area (Å²) in [6, 6.07) is 5.97. The lowest BCUT2D eigenvalue weighted by Crippen LogP contribution is -2.38. The molecule has 1 aromatic heterocycles. The maximum Gasteiger partial charge on any atom is 0.191 e. The van der Waals surface area contributed by atoms with Crippen molar-refractivity contribution in [3.05, 3.63) is 35.4 Å². The summed E-state index contributed by atoms with van der Waals surface area (Å²) >= 11 is 0. The Hall–Kier alpha value is -2.77. The Labute approximate surface area is 166 Å². The van der Waals surface area contributed by atoms with E-state index in [-0.39, 0.29) is 0 Å². The quantitative estimate of drug-likeness (QED) is 0.432. The first-order valence-electron chi connectivity index (χ1n) is 9.93. The average Bonchev–Trinajstić information content (AvgIpc) is 2.89. The molecule has 1 aromatic carbocycles. The molecule has 0 saturated carbocycles. The number of rotatable bonds is 7. The van der Waals surface area contributed by atoms with Gasteiger partial charge in [0.2, 0.25) is 0 Å². The summed E-state index contributed by atoms with van der Waals surface area (Å²) in [5.41, 5.74) is 1.02. The van der Waals surface area contributed by atoms with Crippen LogP contribution in [0.15, 0.2) is 23.2 Å². The van der Waals surface area contributed by atoms with Gasteiger partial charge in [0.15, 0.2) is 23.3 Å². The van der Waals surface area contributed by atoms with E-state index in [4.69, 9.17) is 14.5 Å². The number of aliphatic imine (C=N–C) groups is 1. The van der Waals surface area contributed by atoms with Gasteiger partial charge in [-0.15, -0.1) is 10.2 Å². The number of hydrogen-bond acceptors (Lipinski definition) is 5. The molecule has 0 fully saturated rings. The number of nitrogens with zero attached hydrogens (tertiary/aromatic N) is 4. The summed E-state index contributed by atoms with van der Waals surface area (Å²) in [6.45, 7) is 7.39. The summed E-state index contributed by atoms with van der Waals surface area (Å²) in [5, 5.41) is 15.0. The van der Waals surface area contributed by atoms with Crippen molar-refractivity contribution in [3.63, 3.8) is 0 Å². The van der Waals surface area contributed by atoms with E-state index in [1.54, 1.807) is 0 Å². The molecule has 0 saturated heterocycles. The molecule has 8 heteroatoms. The molecule has 3 rings (SSSR count). The van der Waals surface area contributed by atoms with Crippen LogP contribution in [0.5, 0.6) is 11.5 Å². The zero-order valence-electron chi connectivity index (χ0n) is 17.0. The van der Waals surface area contributed by atoms with Gasteiger partial charge in [-0.2, -0.15) is 0 Å². The van der Waals surface area contributed by atoms with Crippen molar-refractivity contribution in [2.24, 2.45) is 12.0 Å². The van der Waals surface area contributed by atoms with Crippen molar-refractivity contribution < 1.29 is 9.47 Å². The Bertz CT molecular complexity index is 802. The van der Waals surface area contributed by atoms with Crippen molar-refractivity contribution in [2.45, 2.75) is 46.2 Å². The van der Waals surface area contributed by atoms with Gasteiger partial charge in [-0.1, -0.05) is 25.5 Å². The Morgan fingerprint density at radius 3 is 2.86 bits per heavy atom. The minimum absolute atomic E-state index is 0.506. The van der Waals surface area contributed by atoms with Crippen molar-refractivity contribution in [3.8, 4) is 11.5 Å². The molecule has 2 N–H and O–H groups in total. The number of unbranched alkanes of at least 4 members (excludes halogenated alkanes) is 1. The van der Waals surface area contributed by atoms with Gasteiger partial charge in [-0.05, 0) is 19.4 Å². The third-order valence-corrected chi connectivity index (χ3v) is 4.68. The molecular weight excluding hydrogens is 356 g/mol. The fourth-order valence-electron chi connectivity index (χ4n) is 2.87. The van der Waals surface area contributed by atoms with Crippen molar-refractivity contribution in [1.82, 2.24) is 25.4 Å². The lowest BCUT2D eigenvalue weighted by Gasteiger charge is -2.14. The number of para-hydroxylation sites is 1. The minimum atomic E-state index is 0.506. The molecule has 2 aromatic rings. The average molecular weight is 387 g/mol. The molecule has 2 heterocycles. The standard InChI is InChI=1S/C20H30N6O2/c1-4-5-10-21-20(23-14-18-25-24-15(2)26(18)3)22-13-16-8-6-9-17-19(16)28-12-7-11-27-17/h6,8-9H,4-5,7,10-14H2,1-3H3,(H2,21,22,23). The smallest absolute Gasteiger partial charge is 0.191 e. The molecule has 0 aliphatic carbocycles. The summed E-state index contributed by atoms with van der Waals surface area (Å²) < 4.78 is 13.6. The number of fused-ring (bicyclic) bond motifs is 1. The highest BCUT2D eigenvalue weighted by atomic mass is 16.5. The normalized spacial score (nSPS) is 13.9. The van der Waals surface area contributed by atoms with Crippen LogP contribution in [0.4, 0.5) is 0 Å². The molecule has 8 nitrogen and oxygen atoms in total. The monoisotopic (exact) mass is 386 g/mol. The van der Waals surface area contributed by atoms with Gasteiger partial charge in [0.05, 0.1) is 26.3 Å². The van der Waals surface area contributed by atoms with Crippen LogP contribution in [0, 0.1) is 6.92 Å². The SMILES string of the molecule is CCCCNC(=NCc1cccc2c1OCCCO2)NCc1nnc(C)n1C. The van der Waals surface area contributed by atoms with Crippen LogP contribution in [0.3, 0.4) is 0 Å². The number of hydrogen-bond donors (Lipinski definition) is 2. The van der Waals surface area contributed by atoms with E-state index in [1.165, 1.54) is 0 Å². The van der Waals surface area contributed by atoms with E-state index in [2.05, 4.69) is 27.8 Å². The van der Waals surface area contributed by atoms with Crippen LogP contribution >= 0.6 is 0 Å². The van der Waals surface area contributed by atoms with Gasteiger partial charge in [0.25, 0.3) is 0 Å². The summed E-state index contributed by atoms with van der Waals surface area (Å²) in [5.74, 6) is 4.11. The largest absolute Gasteiger partial charge is 0.490 e. The number of aromatic nitrogens is 3. The molecule has 0 bridgehead atoms. The van der Waals surface area contributed by atoms with Gasteiger partial charge < -0.3 is 24.7 Å². The summed E-state index contributed by atoms with van der Waals surface area (Å²) in [7, 11) is 1.96. The van der Waals surface area contributed by atoms with E-state index in [9.17, 15) is 0 Å². The lowest BCUT2D eigenvalue weighted by molar-refractivity contribution is 0.296. The van der Waals surface area contributed by atoms with Crippen LogP contribution in [0.2, 0.25) is 0 Å². The van der Waals surface area contributed by atoms with Crippen molar-refractivity contribution in [1.29, 1.82) is 0 Å². The van der Waals surface area contributed by atoms with Crippen molar-refractivity contribution in [2.75, 3.05) is 19.8 Å². The van der Waals surface area contributed by atoms with Crippen LogP contribution in [-0.4, -0.2) is 40.5 Å². The zero-order chi connectivity index (χ0) is 19.8. The zero-order valence-corrected chi connectivity index (χ0v) is 17.0. The third-order valence-electron chi connectivity index (χ3n) is 4.68. The molecule has 0 atom stereocenters. The van der Waals surface area contributed by atoms with Gasteiger partial charge in [0.1, 0.15) is 5.82 Å². The lowest BCUT2D eigenvalue weighted by atomic mass is 10.2. The van der Waals surface area contributed by atoms with Gasteiger partial charge in [-0.3, -0.25) is 0 Å².